The Morgan fingerprint density at radius 3 is 2.26 bits per heavy atom. The molecule has 43 heavy (non-hydrogen) atoms. The van der Waals surface area contributed by atoms with E-state index in [4.69, 9.17) is 4.74 Å². The minimum absolute atomic E-state index is 0.0789. The van der Waals surface area contributed by atoms with E-state index in [0.29, 0.717) is 19.4 Å². The summed E-state index contributed by atoms with van der Waals surface area (Å²) in [7, 11) is 1.71. The van der Waals surface area contributed by atoms with Crippen LogP contribution in [-0.2, 0) is 19.1 Å². The third-order valence-corrected chi connectivity index (χ3v) is 10.00. The molecule has 3 aliphatic rings. The van der Waals surface area contributed by atoms with E-state index in [2.05, 4.69) is 33.9 Å². The van der Waals surface area contributed by atoms with Crippen molar-refractivity contribution in [2.24, 2.45) is 23.2 Å². The third-order valence-electron chi connectivity index (χ3n) is 10.00. The second kappa shape index (κ2) is 11.5. The lowest BCUT2D eigenvalue weighted by atomic mass is 9.62. The van der Waals surface area contributed by atoms with E-state index in [0.717, 1.165) is 5.56 Å². The molecular weight excluding hydrogens is 542 g/mol. The van der Waals surface area contributed by atoms with Gasteiger partial charge in [-0.25, -0.2) is 0 Å². The van der Waals surface area contributed by atoms with Gasteiger partial charge in [-0.1, -0.05) is 70.2 Å². The van der Waals surface area contributed by atoms with Gasteiger partial charge in [0.25, 0.3) is 0 Å². The van der Waals surface area contributed by atoms with E-state index in [-0.39, 0.29) is 42.2 Å². The van der Waals surface area contributed by atoms with Gasteiger partial charge in [-0.2, -0.15) is 0 Å². The normalized spacial score (nSPS) is 30.6. The van der Waals surface area contributed by atoms with Crippen LogP contribution in [0.4, 0.5) is 0 Å². The predicted molar refractivity (Wildman–Crippen MR) is 168 cm³/mol. The number of likely N-dealkylation sites (tertiary alicyclic amines) is 1. The molecule has 0 radical (unpaired) electrons. The molecule has 1 aromatic carbocycles. The fraction of sp³-hybridized carbons (Fsp3) is 0.629. The van der Waals surface area contributed by atoms with Crippen molar-refractivity contribution in [2.75, 3.05) is 26.7 Å². The van der Waals surface area contributed by atoms with Crippen LogP contribution in [0.5, 0.6) is 0 Å². The predicted octanol–water partition coefficient (Wildman–Crippen LogP) is 4.60. The summed E-state index contributed by atoms with van der Waals surface area (Å²) in [5, 5.41) is 10.8. The second-order valence-corrected chi connectivity index (χ2v) is 14.9. The number of nitrogens with zero attached hydrogens (tertiary/aromatic N) is 3. The number of ether oxygens (including phenoxy) is 1. The number of rotatable bonds is 11. The molecule has 3 heterocycles. The number of benzene rings is 1. The molecule has 1 N–H and O–H groups in total. The number of aliphatic hydroxyl groups is 1. The standard InChI is InChI=1S/C35H51N3O5/c1-11-18-36(10)29(40)26-27-30(41)38(25(21-39)24-16-14-13-15-17-24)28(35(27)20-23(3)34(26,9)43-35)31(42)37(19-12-2)33(7,8)22-32(4,5)6/h11-17,23,25-28,39H,1-2,18-22H2,3-10H3/t23?,25-,26+,27+,28?,34-,35?/m1/s1. The van der Waals surface area contributed by atoms with Gasteiger partial charge in [-0.05, 0) is 50.5 Å². The average Bonchev–Trinajstić information content (AvgIpc) is 3.43. The Morgan fingerprint density at radius 1 is 1.12 bits per heavy atom. The van der Waals surface area contributed by atoms with Crippen molar-refractivity contribution in [3.8, 4) is 0 Å². The minimum Gasteiger partial charge on any atom is -0.394 e. The molecule has 3 unspecified atom stereocenters. The SMILES string of the molecule is C=CCN(C)C(=O)[C@@H]1[C@H]2C(=O)N([C@H](CO)c3ccccc3)C(C(=O)N(CC=C)C(C)(C)CC(C)(C)C)C23CC(C)[C@@]1(C)O3. The zero-order valence-corrected chi connectivity index (χ0v) is 27.3. The Hall–Kier alpha value is -2.97. The molecular formula is C35H51N3O5. The Morgan fingerprint density at radius 2 is 1.72 bits per heavy atom. The molecule has 3 fully saturated rings. The Labute approximate surface area is 257 Å². The molecule has 1 aromatic rings. The number of carbonyl (C=O) groups is 3. The highest BCUT2D eigenvalue weighted by atomic mass is 16.5. The zero-order chi connectivity index (χ0) is 32.1. The van der Waals surface area contributed by atoms with Crippen LogP contribution in [0.25, 0.3) is 0 Å². The lowest BCUT2D eigenvalue weighted by Gasteiger charge is -2.46. The lowest BCUT2D eigenvalue weighted by molar-refractivity contribution is -0.160. The van der Waals surface area contributed by atoms with E-state index >= 15 is 4.79 Å². The van der Waals surface area contributed by atoms with Crippen LogP contribution >= 0.6 is 0 Å². The molecule has 3 amide bonds. The molecule has 8 nitrogen and oxygen atoms in total. The Kier molecular flexibility index (Phi) is 8.82. The van der Waals surface area contributed by atoms with Crippen LogP contribution in [0.15, 0.2) is 55.6 Å². The monoisotopic (exact) mass is 593 g/mol. The van der Waals surface area contributed by atoms with Crippen LogP contribution in [0.2, 0.25) is 0 Å². The number of carbonyl (C=O) groups excluding carboxylic acids is 3. The number of fused-ring (bicyclic) bond motifs is 1. The summed E-state index contributed by atoms with van der Waals surface area (Å²) in [6.07, 6.45) is 4.54. The van der Waals surface area contributed by atoms with Crippen molar-refractivity contribution < 1.29 is 24.2 Å². The van der Waals surface area contributed by atoms with Crippen LogP contribution in [0.1, 0.15) is 72.9 Å². The van der Waals surface area contributed by atoms with E-state index in [1.165, 1.54) is 0 Å². The summed E-state index contributed by atoms with van der Waals surface area (Å²) in [5.74, 6) is -2.50. The maximum absolute atomic E-state index is 15.1. The van der Waals surface area contributed by atoms with Gasteiger partial charge in [-0.3, -0.25) is 14.4 Å². The highest BCUT2D eigenvalue weighted by Gasteiger charge is 2.80. The van der Waals surface area contributed by atoms with Crippen molar-refractivity contribution in [3.63, 3.8) is 0 Å². The van der Waals surface area contributed by atoms with E-state index in [1.807, 2.05) is 62.9 Å². The number of amides is 3. The number of hydrogen-bond donors (Lipinski definition) is 1. The maximum Gasteiger partial charge on any atom is 0.249 e. The average molecular weight is 594 g/mol. The van der Waals surface area contributed by atoms with E-state index < -0.39 is 40.7 Å². The Bertz CT molecular complexity index is 1260. The summed E-state index contributed by atoms with van der Waals surface area (Å²) >= 11 is 0. The van der Waals surface area contributed by atoms with Crippen LogP contribution in [-0.4, -0.2) is 87.1 Å². The number of hydrogen-bond acceptors (Lipinski definition) is 5. The van der Waals surface area contributed by atoms with Gasteiger partial charge in [-0.15, -0.1) is 13.2 Å². The summed E-state index contributed by atoms with van der Waals surface area (Å²) in [4.78, 5) is 49.0. The van der Waals surface area contributed by atoms with E-state index in [9.17, 15) is 14.7 Å². The van der Waals surface area contributed by atoms with Gasteiger partial charge in [0, 0.05) is 25.7 Å². The molecule has 236 valence electrons. The molecule has 3 aliphatic heterocycles. The summed E-state index contributed by atoms with van der Waals surface area (Å²) < 4.78 is 6.96. The first kappa shape index (κ1) is 32.9. The lowest BCUT2D eigenvalue weighted by Crippen LogP contribution is -2.61. The summed E-state index contributed by atoms with van der Waals surface area (Å²) in [6.45, 7) is 22.5. The maximum atomic E-state index is 15.1. The van der Waals surface area contributed by atoms with Crippen LogP contribution in [0, 0.1) is 23.2 Å². The quantitative estimate of drug-likeness (QED) is 0.379. The molecule has 4 rings (SSSR count). The number of aliphatic hydroxyl groups excluding tert-OH is 1. The summed E-state index contributed by atoms with van der Waals surface area (Å²) in [6, 6.07) is 7.47. The molecule has 8 heteroatoms. The van der Waals surface area contributed by atoms with Gasteiger partial charge in [0.1, 0.15) is 11.6 Å². The molecule has 2 bridgehead atoms. The van der Waals surface area contributed by atoms with Gasteiger partial charge in [0.2, 0.25) is 17.7 Å². The van der Waals surface area contributed by atoms with Gasteiger partial charge >= 0.3 is 0 Å². The first-order chi connectivity index (χ1) is 20.0. The minimum atomic E-state index is -1.23. The second-order valence-electron chi connectivity index (χ2n) is 14.9. The molecule has 1 spiro atoms. The molecule has 0 aromatic heterocycles. The van der Waals surface area contributed by atoms with Crippen molar-refractivity contribution in [2.45, 2.75) is 90.1 Å². The molecule has 0 aliphatic carbocycles. The number of likely N-dealkylation sites (N-methyl/N-ethyl adjacent to an activating group) is 1. The largest absolute Gasteiger partial charge is 0.394 e. The zero-order valence-electron chi connectivity index (χ0n) is 27.3. The topological polar surface area (TPSA) is 90.4 Å². The van der Waals surface area contributed by atoms with Gasteiger partial charge in [0.05, 0.1) is 30.1 Å². The fourth-order valence-corrected chi connectivity index (χ4v) is 8.52. The van der Waals surface area contributed by atoms with Gasteiger partial charge < -0.3 is 24.5 Å². The molecule has 3 saturated heterocycles. The van der Waals surface area contributed by atoms with Gasteiger partial charge in [0.15, 0.2) is 0 Å². The van der Waals surface area contributed by atoms with Crippen LogP contribution < -0.4 is 0 Å². The van der Waals surface area contributed by atoms with Crippen LogP contribution in [0.3, 0.4) is 0 Å². The summed E-state index contributed by atoms with van der Waals surface area (Å²) in [5.41, 5.74) is -2.10. The van der Waals surface area contributed by atoms with Crippen molar-refractivity contribution in [3.05, 3.63) is 61.2 Å². The Balaban J connectivity index is 1.93. The van der Waals surface area contributed by atoms with Crippen molar-refractivity contribution in [1.82, 2.24) is 14.7 Å². The highest BCUT2D eigenvalue weighted by molar-refractivity contribution is 5.99. The van der Waals surface area contributed by atoms with Crippen molar-refractivity contribution in [1.29, 1.82) is 0 Å². The highest BCUT2D eigenvalue weighted by Crippen LogP contribution is 2.66. The first-order valence-electron chi connectivity index (χ1n) is 15.5. The molecule has 0 saturated carbocycles. The third kappa shape index (κ3) is 5.35. The smallest absolute Gasteiger partial charge is 0.249 e. The molecule has 7 atom stereocenters. The van der Waals surface area contributed by atoms with E-state index in [1.54, 1.807) is 29.0 Å². The van der Waals surface area contributed by atoms with Crippen molar-refractivity contribution >= 4 is 17.7 Å². The fourth-order valence-electron chi connectivity index (χ4n) is 8.52. The first-order valence-corrected chi connectivity index (χ1v) is 15.5.